The summed E-state index contributed by atoms with van der Waals surface area (Å²) in [5.74, 6) is 1.23. The number of benzene rings is 1. The smallest absolute Gasteiger partial charge is 0.273 e. The molecule has 0 bridgehead atoms. The van der Waals surface area contributed by atoms with Gasteiger partial charge in [-0.25, -0.2) is 0 Å². The number of hydrogen-bond acceptors (Lipinski definition) is 4. The molecule has 0 radical (unpaired) electrons. The second kappa shape index (κ2) is 7.12. The third kappa shape index (κ3) is 3.85. The van der Waals surface area contributed by atoms with Crippen LogP contribution in [-0.4, -0.2) is 18.6 Å². The average molecular weight is 278 g/mol. The molecule has 110 valence electrons. The molecule has 0 atom stereocenters. The minimum Gasteiger partial charge on any atom is -0.494 e. The Balaban J connectivity index is 1.99. The van der Waals surface area contributed by atoms with Crippen molar-refractivity contribution in [3.05, 3.63) is 28.3 Å². The van der Waals surface area contributed by atoms with Crippen LogP contribution >= 0.6 is 0 Å². The molecular formula is C15H22N2O3. The lowest BCUT2D eigenvalue weighted by Gasteiger charge is -2.17. The molecule has 0 saturated heterocycles. The normalized spacial score (nSPS) is 16.4. The van der Waals surface area contributed by atoms with Gasteiger partial charge in [0.25, 0.3) is 5.69 Å². The summed E-state index contributed by atoms with van der Waals surface area (Å²) in [4.78, 5) is 10.3. The quantitative estimate of drug-likeness (QED) is 0.502. The van der Waals surface area contributed by atoms with Crippen LogP contribution in [0.5, 0.6) is 5.75 Å². The van der Waals surface area contributed by atoms with Crippen LogP contribution < -0.4 is 10.1 Å². The number of hydrogen-bond donors (Lipinski definition) is 1. The molecule has 1 aromatic rings. The van der Waals surface area contributed by atoms with Gasteiger partial charge in [0.05, 0.1) is 23.8 Å². The second-order valence-corrected chi connectivity index (χ2v) is 5.38. The van der Waals surface area contributed by atoms with Crippen molar-refractivity contribution in [1.82, 2.24) is 0 Å². The first-order chi connectivity index (χ1) is 9.70. The van der Waals surface area contributed by atoms with Gasteiger partial charge in [-0.1, -0.05) is 25.7 Å². The van der Waals surface area contributed by atoms with Crippen molar-refractivity contribution in [3.8, 4) is 5.75 Å². The molecular weight excluding hydrogens is 256 g/mol. The van der Waals surface area contributed by atoms with Gasteiger partial charge in [-0.05, 0) is 24.8 Å². The van der Waals surface area contributed by atoms with E-state index in [-0.39, 0.29) is 5.69 Å². The number of non-ortho nitro benzene ring substituents is 1. The molecule has 1 aliphatic rings. The van der Waals surface area contributed by atoms with Crippen LogP contribution in [0.2, 0.25) is 0 Å². The average Bonchev–Trinajstić information content (AvgIpc) is 2.73. The van der Waals surface area contributed by atoms with Crippen LogP contribution in [0.15, 0.2) is 18.2 Å². The van der Waals surface area contributed by atoms with E-state index in [1.165, 1.54) is 57.8 Å². The molecule has 1 aromatic carbocycles. The number of nitrogens with one attached hydrogen (secondary N) is 1. The molecule has 2 rings (SSSR count). The van der Waals surface area contributed by atoms with E-state index in [9.17, 15) is 10.1 Å². The number of nitro benzene ring substituents is 1. The molecule has 1 fully saturated rings. The summed E-state index contributed by atoms with van der Waals surface area (Å²) < 4.78 is 5.23. The maximum Gasteiger partial charge on any atom is 0.273 e. The number of anilines is 1. The summed E-state index contributed by atoms with van der Waals surface area (Å²) in [5.41, 5.74) is 0.893. The summed E-state index contributed by atoms with van der Waals surface area (Å²) in [7, 11) is 1.54. The number of nitro groups is 1. The Morgan fingerprint density at radius 3 is 2.60 bits per heavy atom. The van der Waals surface area contributed by atoms with E-state index >= 15 is 0 Å². The molecule has 0 aromatic heterocycles. The van der Waals surface area contributed by atoms with Gasteiger partial charge in [-0.3, -0.25) is 10.1 Å². The van der Waals surface area contributed by atoms with Gasteiger partial charge < -0.3 is 10.1 Å². The zero-order valence-corrected chi connectivity index (χ0v) is 11.9. The monoisotopic (exact) mass is 278 g/mol. The van der Waals surface area contributed by atoms with Crippen LogP contribution in [0.25, 0.3) is 0 Å². The van der Waals surface area contributed by atoms with Crippen molar-refractivity contribution in [2.24, 2.45) is 5.92 Å². The maximum atomic E-state index is 10.8. The lowest BCUT2D eigenvalue weighted by Crippen LogP contribution is -2.14. The highest BCUT2D eigenvalue weighted by Crippen LogP contribution is 2.30. The fraction of sp³-hybridized carbons (Fsp3) is 0.600. The highest BCUT2D eigenvalue weighted by Gasteiger charge is 2.14. The summed E-state index contributed by atoms with van der Waals surface area (Å²) in [6.07, 6.45) is 7.84. The molecule has 0 aliphatic heterocycles. The Labute approximate surface area is 119 Å². The van der Waals surface area contributed by atoms with Crippen molar-refractivity contribution in [2.75, 3.05) is 19.0 Å². The minimum absolute atomic E-state index is 0.0573. The van der Waals surface area contributed by atoms with Crippen molar-refractivity contribution in [1.29, 1.82) is 0 Å². The molecule has 5 heteroatoms. The Bertz CT molecular complexity index is 454. The van der Waals surface area contributed by atoms with E-state index in [4.69, 9.17) is 4.74 Å². The van der Waals surface area contributed by atoms with E-state index in [0.29, 0.717) is 11.7 Å². The van der Waals surface area contributed by atoms with Gasteiger partial charge in [-0.15, -0.1) is 0 Å². The SMILES string of the molecule is COc1cc([N+](=O)[O-])ccc1NCC1CCCCCC1. The number of rotatable bonds is 5. The van der Waals surface area contributed by atoms with Gasteiger partial charge in [0.15, 0.2) is 0 Å². The van der Waals surface area contributed by atoms with Crippen LogP contribution in [-0.2, 0) is 0 Å². The molecule has 5 nitrogen and oxygen atoms in total. The minimum atomic E-state index is -0.405. The lowest BCUT2D eigenvalue weighted by molar-refractivity contribution is -0.384. The van der Waals surface area contributed by atoms with E-state index in [2.05, 4.69) is 5.32 Å². The van der Waals surface area contributed by atoms with Crippen molar-refractivity contribution < 1.29 is 9.66 Å². The summed E-state index contributed by atoms with van der Waals surface area (Å²) >= 11 is 0. The van der Waals surface area contributed by atoms with Crippen molar-refractivity contribution in [2.45, 2.75) is 38.5 Å². The Morgan fingerprint density at radius 2 is 2.00 bits per heavy atom. The van der Waals surface area contributed by atoms with Gasteiger partial charge in [-0.2, -0.15) is 0 Å². The fourth-order valence-corrected chi connectivity index (χ4v) is 2.76. The first-order valence-corrected chi connectivity index (χ1v) is 7.27. The molecule has 1 N–H and O–H groups in total. The van der Waals surface area contributed by atoms with Gasteiger partial charge in [0.2, 0.25) is 0 Å². The molecule has 0 spiro atoms. The first-order valence-electron chi connectivity index (χ1n) is 7.27. The maximum absolute atomic E-state index is 10.8. The number of nitrogens with zero attached hydrogens (tertiary/aromatic N) is 1. The molecule has 0 amide bonds. The number of ether oxygens (including phenoxy) is 1. The van der Waals surface area contributed by atoms with Crippen LogP contribution in [0.3, 0.4) is 0 Å². The van der Waals surface area contributed by atoms with Crippen molar-refractivity contribution >= 4 is 11.4 Å². The van der Waals surface area contributed by atoms with Gasteiger partial charge in [0.1, 0.15) is 5.75 Å². The van der Waals surface area contributed by atoms with Crippen LogP contribution in [0, 0.1) is 16.0 Å². The third-order valence-corrected chi connectivity index (χ3v) is 3.95. The fourth-order valence-electron chi connectivity index (χ4n) is 2.76. The first kappa shape index (κ1) is 14.6. The Kier molecular flexibility index (Phi) is 5.21. The highest BCUT2D eigenvalue weighted by atomic mass is 16.6. The molecule has 0 unspecified atom stereocenters. The highest BCUT2D eigenvalue weighted by molar-refractivity contribution is 5.60. The van der Waals surface area contributed by atoms with Crippen LogP contribution in [0.1, 0.15) is 38.5 Å². The van der Waals surface area contributed by atoms with Gasteiger partial charge >= 0.3 is 0 Å². The molecule has 1 aliphatic carbocycles. The largest absolute Gasteiger partial charge is 0.494 e. The molecule has 1 saturated carbocycles. The predicted octanol–water partition coefficient (Wildman–Crippen LogP) is 3.99. The molecule has 20 heavy (non-hydrogen) atoms. The third-order valence-electron chi connectivity index (χ3n) is 3.95. The van der Waals surface area contributed by atoms with Gasteiger partial charge in [0, 0.05) is 12.6 Å². The van der Waals surface area contributed by atoms with E-state index < -0.39 is 4.92 Å². The van der Waals surface area contributed by atoms with E-state index in [1.807, 2.05) is 0 Å². The second-order valence-electron chi connectivity index (χ2n) is 5.38. The summed E-state index contributed by atoms with van der Waals surface area (Å²) in [6.45, 7) is 0.911. The number of methoxy groups -OCH3 is 1. The topological polar surface area (TPSA) is 64.4 Å². The standard InChI is InChI=1S/C15H22N2O3/c1-20-15-10-13(17(18)19)8-9-14(15)16-11-12-6-4-2-3-5-7-12/h8-10,12,16H,2-7,11H2,1H3. The summed E-state index contributed by atoms with van der Waals surface area (Å²) in [6, 6.07) is 4.71. The zero-order valence-electron chi connectivity index (χ0n) is 11.9. The molecule has 0 heterocycles. The summed E-state index contributed by atoms with van der Waals surface area (Å²) in [5, 5.41) is 14.1. The Hall–Kier alpha value is -1.78. The van der Waals surface area contributed by atoms with Crippen LogP contribution in [0.4, 0.5) is 11.4 Å². The zero-order chi connectivity index (χ0) is 14.4. The predicted molar refractivity (Wildman–Crippen MR) is 79.3 cm³/mol. The van der Waals surface area contributed by atoms with Crippen molar-refractivity contribution in [3.63, 3.8) is 0 Å². The lowest BCUT2D eigenvalue weighted by atomic mass is 10.0. The Morgan fingerprint density at radius 1 is 1.30 bits per heavy atom. The van der Waals surface area contributed by atoms with E-state index in [1.54, 1.807) is 6.07 Å². The van der Waals surface area contributed by atoms with E-state index in [0.717, 1.165) is 12.2 Å².